The molecule has 8 heteroatoms. The van der Waals surface area contributed by atoms with Gasteiger partial charge in [-0.1, -0.05) is 23.9 Å². The Morgan fingerprint density at radius 2 is 1.74 bits per heavy atom. The third kappa shape index (κ3) is 4.82. The number of thioether (sulfide) groups is 1. The Labute approximate surface area is 137 Å². The van der Waals surface area contributed by atoms with E-state index >= 15 is 0 Å². The number of nitrogens with two attached hydrogens (primary N) is 2. The highest BCUT2D eigenvalue weighted by molar-refractivity contribution is 8.00. The molecule has 0 aliphatic heterocycles. The van der Waals surface area contributed by atoms with Gasteiger partial charge in [0, 0.05) is 6.07 Å². The summed E-state index contributed by atoms with van der Waals surface area (Å²) >= 11 is 1.17. The third-order valence-electron chi connectivity index (χ3n) is 3.13. The van der Waals surface area contributed by atoms with Crippen molar-refractivity contribution in [1.29, 1.82) is 0 Å². The lowest BCUT2D eigenvalue weighted by Crippen LogP contribution is -2.33. The van der Waals surface area contributed by atoms with Crippen molar-refractivity contribution in [3.8, 4) is 0 Å². The average Bonchev–Trinajstić information content (AvgIpc) is 2.46. The van der Waals surface area contributed by atoms with Crippen LogP contribution in [0.3, 0.4) is 0 Å². The molecule has 0 saturated carbocycles. The number of nitrogens with one attached hydrogen (secondary N) is 1. The van der Waals surface area contributed by atoms with E-state index in [4.69, 9.17) is 11.5 Å². The largest absolute Gasteiger partial charge is 0.383 e. The molecule has 0 radical (unpaired) electrons. The molecular weight excluding hydrogens is 317 g/mol. The van der Waals surface area contributed by atoms with Crippen LogP contribution in [0.4, 0.5) is 16.0 Å². The van der Waals surface area contributed by atoms with E-state index in [1.807, 2.05) is 6.92 Å². The first kappa shape index (κ1) is 17.0. The van der Waals surface area contributed by atoms with Gasteiger partial charge in [0.2, 0.25) is 5.91 Å². The van der Waals surface area contributed by atoms with Gasteiger partial charge >= 0.3 is 0 Å². The van der Waals surface area contributed by atoms with Crippen LogP contribution in [-0.2, 0) is 4.79 Å². The molecular formula is C15H18FN5OS. The molecule has 122 valence electrons. The smallest absolute Gasteiger partial charge is 0.233 e. The molecule has 0 unspecified atom stereocenters. The summed E-state index contributed by atoms with van der Waals surface area (Å²) in [7, 11) is 0. The van der Waals surface area contributed by atoms with Gasteiger partial charge in [-0.15, -0.1) is 0 Å². The number of benzene rings is 1. The van der Waals surface area contributed by atoms with Gasteiger partial charge in [0.05, 0.1) is 11.3 Å². The van der Waals surface area contributed by atoms with Crippen LogP contribution in [0.5, 0.6) is 0 Å². The molecule has 2 aromatic rings. The predicted molar refractivity (Wildman–Crippen MR) is 89.1 cm³/mol. The fraction of sp³-hybridized carbons (Fsp3) is 0.267. The summed E-state index contributed by atoms with van der Waals surface area (Å²) in [5, 5.41) is 2.78. The van der Waals surface area contributed by atoms with Gasteiger partial charge in [0.25, 0.3) is 0 Å². The molecule has 1 aromatic carbocycles. The van der Waals surface area contributed by atoms with Crippen molar-refractivity contribution in [3.05, 3.63) is 41.7 Å². The van der Waals surface area contributed by atoms with Gasteiger partial charge in [0.15, 0.2) is 5.16 Å². The standard InChI is InChI=1S/C15H18FN5OS/c1-8(10-3-5-11(16)6-4-10)19-14(22)9(2)23-15-20-12(17)7-13(18)21-15/h3-9H,1-2H3,(H,19,22)(H4,17,18,20,21)/t8-,9+/m1/s1. The minimum absolute atomic E-state index is 0.184. The summed E-state index contributed by atoms with van der Waals surface area (Å²) in [6, 6.07) is 7.21. The number of hydrogen-bond acceptors (Lipinski definition) is 6. The molecule has 1 amide bonds. The van der Waals surface area contributed by atoms with E-state index < -0.39 is 5.25 Å². The van der Waals surface area contributed by atoms with E-state index in [1.165, 1.54) is 30.0 Å². The maximum absolute atomic E-state index is 12.9. The van der Waals surface area contributed by atoms with Gasteiger partial charge in [0.1, 0.15) is 17.5 Å². The van der Waals surface area contributed by atoms with E-state index in [0.717, 1.165) is 5.56 Å². The van der Waals surface area contributed by atoms with Gasteiger partial charge < -0.3 is 16.8 Å². The summed E-state index contributed by atoms with van der Waals surface area (Å²) < 4.78 is 12.9. The monoisotopic (exact) mass is 335 g/mol. The number of hydrogen-bond donors (Lipinski definition) is 3. The summed E-state index contributed by atoms with van der Waals surface area (Å²) in [6.45, 7) is 3.57. The fourth-order valence-electron chi connectivity index (χ4n) is 1.89. The topological polar surface area (TPSA) is 107 Å². The van der Waals surface area contributed by atoms with Crippen LogP contribution in [0.1, 0.15) is 25.5 Å². The Balaban J connectivity index is 1.97. The molecule has 2 atom stereocenters. The number of nitrogens with zero attached hydrogens (tertiary/aromatic N) is 2. The molecule has 0 bridgehead atoms. The fourth-order valence-corrected chi connectivity index (χ4v) is 2.70. The van der Waals surface area contributed by atoms with Gasteiger partial charge in [-0.3, -0.25) is 4.79 Å². The second-order valence-electron chi connectivity index (χ2n) is 5.04. The molecule has 2 rings (SSSR count). The van der Waals surface area contributed by atoms with Gasteiger partial charge in [-0.05, 0) is 31.5 Å². The van der Waals surface area contributed by atoms with Crippen LogP contribution in [0.2, 0.25) is 0 Å². The molecule has 0 aliphatic carbocycles. The lowest BCUT2D eigenvalue weighted by atomic mass is 10.1. The summed E-state index contributed by atoms with van der Waals surface area (Å²) in [5.41, 5.74) is 12.0. The zero-order valence-corrected chi connectivity index (χ0v) is 13.6. The minimum atomic E-state index is -0.431. The third-order valence-corrected chi connectivity index (χ3v) is 4.09. The highest BCUT2D eigenvalue weighted by Crippen LogP contribution is 2.22. The number of carbonyl (C=O) groups is 1. The van der Waals surface area contributed by atoms with Crippen LogP contribution in [-0.4, -0.2) is 21.1 Å². The summed E-state index contributed by atoms with van der Waals surface area (Å²) in [4.78, 5) is 20.3. The normalized spacial score (nSPS) is 13.3. The first-order valence-corrected chi connectivity index (χ1v) is 7.85. The molecule has 0 saturated heterocycles. The Hall–Kier alpha value is -2.35. The van der Waals surface area contributed by atoms with Crippen molar-refractivity contribution in [1.82, 2.24) is 15.3 Å². The molecule has 1 heterocycles. The number of carbonyl (C=O) groups excluding carboxylic acids is 1. The lowest BCUT2D eigenvalue weighted by molar-refractivity contribution is -0.120. The van der Waals surface area contributed by atoms with E-state index in [-0.39, 0.29) is 29.4 Å². The van der Waals surface area contributed by atoms with E-state index in [1.54, 1.807) is 19.1 Å². The van der Waals surface area contributed by atoms with Crippen LogP contribution < -0.4 is 16.8 Å². The highest BCUT2D eigenvalue weighted by atomic mass is 32.2. The van der Waals surface area contributed by atoms with Crippen LogP contribution in [0.25, 0.3) is 0 Å². The lowest BCUT2D eigenvalue weighted by Gasteiger charge is -2.17. The van der Waals surface area contributed by atoms with Crippen molar-refractivity contribution in [2.75, 3.05) is 11.5 Å². The molecule has 5 N–H and O–H groups in total. The first-order chi connectivity index (χ1) is 10.8. The molecule has 1 aromatic heterocycles. The Morgan fingerprint density at radius 1 is 1.17 bits per heavy atom. The molecule has 0 aliphatic rings. The quantitative estimate of drug-likeness (QED) is 0.571. The van der Waals surface area contributed by atoms with Crippen molar-refractivity contribution < 1.29 is 9.18 Å². The van der Waals surface area contributed by atoms with Gasteiger partial charge in [-0.25, -0.2) is 14.4 Å². The summed E-state index contributed by atoms with van der Waals surface area (Å²) in [6.07, 6.45) is 0. The van der Waals surface area contributed by atoms with Crippen molar-refractivity contribution in [3.63, 3.8) is 0 Å². The number of aromatic nitrogens is 2. The first-order valence-electron chi connectivity index (χ1n) is 6.97. The second-order valence-corrected chi connectivity index (χ2v) is 6.35. The van der Waals surface area contributed by atoms with Gasteiger partial charge in [-0.2, -0.15) is 0 Å². The second kappa shape index (κ2) is 7.28. The summed E-state index contributed by atoms with van der Waals surface area (Å²) in [5.74, 6) is 0.0172. The van der Waals surface area contributed by atoms with Crippen LogP contribution in [0, 0.1) is 5.82 Å². The molecule has 23 heavy (non-hydrogen) atoms. The average molecular weight is 335 g/mol. The van der Waals surface area contributed by atoms with Crippen molar-refractivity contribution >= 4 is 29.3 Å². The predicted octanol–water partition coefficient (Wildman–Crippen LogP) is 2.14. The Kier molecular flexibility index (Phi) is 5.38. The minimum Gasteiger partial charge on any atom is -0.383 e. The van der Waals surface area contributed by atoms with E-state index in [0.29, 0.717) is 5.16 Å². The SMILES string of the molecule is C[C@H](Sc1nc(N)cc(N)n1)C(=O)N[C@H](C)c1ccc(F)cc1. The zero-order valence-electron chi connectivity index (χ0n) is 12.8. The number of halogens is 1. The van der Waals surface area contributed by atoms with Crippen molar-refractivity contribution in [2.24, 2.45) is 0 Å². The number of nitrogen functional groups attached to an aromatic ring is 2. The van der Waals surface area contributed by atoms with Crippen LogP contribution in [0.15, 0.2) is 35.5 Å². The highest BCUT2D eigenvalue weighted by Gasteiger charge is 2.19. The maximum atomic E-state index is 12.9. The van der Waals surface area contributed by atoms with E-state index in [9.17, 15) is 9.18 Å². The number of anilines is 2. The Morgan fingerprint density at radius 3 is 2.30 bits per heavy atom. The molecule has 6 nitrogen and oxygen atoms in total. The Bertz CT molecular complexity index is 675. The molecule has 0 spiro atoms. The van der Waals surface area contributed by atoms with Crippen LogP contribution >= 0.6 is 11.8 Å². The van der Waals surface area contributed by atoms with E-state index in [2.05, 4.69) is 15.3 Å². The van der Waals surface area contributed by atoms with Crippen molar-refractivity contribution in [2.45, 2.75) is 30.3 Å². The molecule has 0 fully saturated rings. The maximum Gasteiger partial charge on any atom is 0.233 e. The number of rotatable bonds is 5. The zero-order chi connectivity index (χ0) is 17.0. The number of amides is 1.